The molecule has 0 saturated heterocycles. The lowest BCUT2D eigenvalue weighted by Gasteiger charge is -2.19. The molecular formula is C20H24N2OS. The number of aryl methyl sites for hydroxylation is 2. The third-order valence-electron chi connectivity index (χ3n) is 3.73. The van der Waals surface area contributed by atoms with Crippen molar-refractivity contribution < 1.29 is 4.74 Å². The molecule has 0 aromatic heterocycles. The molecule has 0 saturated carbocycles. The molecular weight excluding hydrogens is 316 g/mol. The SMILES string of the molecule is C=CCOc1ccc(NC(=S)NC(C)c2cc(C)ccc2C)cc1. The van der Waals surface area contributed by atoms with E-state index in [0.29, 0.717) is 11.7 Å². The van der Waals surface area contributed by atoms with E-state index in [1.165, 1.54) is 16.7 Å². The van der Waals surface area contributed by atoms with Gasteiger partial charge in [-0.2, -0.15) is 0 Å². The van der Waals surface area contributed by atoms with Crippen LogP contribution in [-0.2, 0) is 0 Å². The molecule has 0 bridgehead atoms. The van der Waals surface area contributed by atoms with E-state index in [9.17, 15) is 0 Å². The Morgan fingerprint density at radius 3 is 2.58 bits per heavy atom. The fourth-order valence-corrected chi connectivity index (χ4v) is 2.75. The zero-order chi connectivity index (χ0) is 17.5. The van der Waals surface area contributed by atoms with Gasteiger partial charge in [-0.15, -0.1) is 0 Å². The van der Waals surface area contributed by atoms with E-state index in [4.69, 9.17) is 17.0 Å². The monoisotopic (exact) mass is 340 g/mol. The lowest BCUT2D eigenvalue weighted by molar-refractivity contribution is 0.363. The minimum Gasteiger partial charge on any atom is -0.490 e. The van der Waals surface area contributed by atoms with Crippen LogP contribution in [0.1, 0.15) is 29.7 Å². The van der Waals surface area contributed by atoms with Gasteiger partial charge in [0.2, 0.25) is 0 Å². The molecule has 0 aliphatic rings. The molecule has 4 heteroatoms. The smallest absolute Gasteiger partial charge is 0.171 e. The van der Waals surface area contributed by atoms with E-state index in [0.717, 1.165) is 11.4 Å². The lowest BCUT2D eigenvalue weighted by Crippen LogP contribution is -2.31. The molecule has 24 heavy (non-hydrogen) atoms. The minimum absolute atomic E-state index is 0.139. The Kier molecular flexibility index (Phi) is 6.38. The first-order valence-corrected chi connectivity index (χ1v) is 8.39. The van der Waals surface area contributed by atoms with Crippen LogP contribution >= 0.6 is 12.2 Å². The third-order valence-corrected chi connectivity index (χ3v) is 3.95. The molecule has 1 atom stereocenters. The first kappa shape index (κ1) is 18.0. The maximum atomic E-state index is 5.47. The van der Waals surface area contributed by atoms with E-state index in [2.05, 4.69) is 56.2 Å². The Labute approximate surface area is 149 Å². The number of ether oxygens (including phenoxy) is 1. The fourth-order valence-electron chi connectivity index (χ4n) is 2.46. The van der Waals surface area contributed by atoms with Crippen LogP contribution in [0.2, 0.25) is 0 Å². The summed E-state index contributed by atoms with van der Waals surface area (Å²) in [6.45, 7) is 10.5. The van der Waals surface area contributed by atoms with Crippen molar-refractivity contribution >= 4 is 23.0 Å². The molecule has 0 fully saturated rings. The number of anilines is 1. The summed E-state index contributed by atoms with van der Waals surface area (Å²) in [6, 6.07) is 14.3. The first-order chi connectivity index (χ1) is 11.5. The van der Waals surface area contributed by atoms with Crippen LogP contribution in [0.4, 0.5) is 5.69 Å². The molecule has 2 N–H and O–H groups in total. The molecule has 0 radical (unpaired) electrons. The third kappa shape index (κ3) is 5.10. The summed E-state index contributed by atoms with van der Waals surface area (Å²) in [6.07, 6.45) is 1.72. The standard InChI is InChI=1S/C20H24N2OS/c1-5-12-23-18-10-8-17(9-11-18)22-20(24)21-16(4)19-13-14(2)6-7-15(19)3/h5-11,13,16H,1,12H2,2-4H3,(H2,21,22,24). The van der Waals surface area contributed by atoms with Crippen LogP contribution < -0.4 is 15.4 Å². The van der Waals surface area contributed by atoms with Crippen molar-refractivity contribution in [3.63, 3.8) is 0 Å². The van der Waals surface area contributed by atoms with E-state index in [-0.39, 0.29) is 6.04 Å². The molecule has 0 aliphatic heterocycles. The summed E-state index contributed by atoms with van der Waals surface area (Å²) in [5, 5.41) is 7.14. The molecule has 0 aliphatic carbocycles. The quantitative estimate of drug-likeness (QED) is 0.578. The second-order valence-electron chi connectivity index (χ2n) is 5.80. The molecule has 0 heterocycles. The molecule has 126 valence electrons. The molecule has 0 spiro atoms. The van der Waals surface area contributed by atoms with Crippen LogP contribution in [0.25, 0.3) is 0 Å². The van der Waals surface area contributed by atoms with Gasteiger partial charge in [0.1, 0.15) is 12.4 Å². The molecule has 2 rings (SSSR count). The lowest BCUT2D eigenvalue weighted by atomic mass is 10.0. The molecule has 2 aromatic carbocycles. The van der Waals surface area contributed by atoms with Gasteiger partial charge < -0.3 is 15.4 Å². The van der Waals surface area contributed by atoms with Crippen molar-refractivity contribution in [1.29, 1.82) is 0 Å². The van der Waals surface area contributed by atoms with Crippen molar-refractivity contribution in [3.8, 4) is 5.75 Å². The predicted molar refractivity (Wildman–Crippen MR) is 106 cm³/mol. The highest BCUT2D eigenvalue weighted by Crippen LogP contribution is 2.20. The zero-order valence-electron chi connectivity index (χ0n) is 14.4. The minimum atomic E-state index is 0.139. The van der Waals surface area contributed by atoms with E-state index < -0.39 is 0 Å². The van der Waals surface area contributed by atoms with Gasteiger partial charge in [-0.1, -0.05) is 36.4 Å². The highest BCUT2D eigenvalue weighted by atomic mass is 32.1. The average molecular weight is 340 g/mol. The highest BCUT2D eigenvalue weighted by molar-refractivity contribution is 7.80. The largest absolute Gasteiger partial charge is 0.490 e. The summed E-state index contributed by atoms with van der Waals surface area (Å²) in [4.78, 5) is 0. The van der Waals surface area contributed by atoms with Crippen LogP contribution in [0.5, 0.6) is 5.75 Å². The summed E-state index contributed by atoms with van der Waals surface area (Å²) < 4.78 is 5.47. The first-order valence-electron chi connectivity index (χ1n) is 7.98. The van der Waals surface area contributed by atoms with Crippen LogP contribution in [0.15, 0.2) is 55.1 Å². The van der Waals surface area contributed by atoms with Gasteiger partial charge in [-0.25, -0.2) is 0 Å². The number of nitrogens with one attached hydrogen (secondary N) is 2. The second kappa shape index (κ2) is 8.50. The molecule has 2 aromatic rings. The second-order valence-corrected chi connectivity index (χ2v) is 6.21. The van der Waals surface area contributed by atoms with Gasteiger partial charge in [0.15, 0.2) is 5.11 Å². The average Bonchev–Trinajstić information content (AvgIpc) is 2.56. The van der Waals surface area contributed by atoms with Gasteiger partial charge in [-0.05, 0) is 68.4 Å². The van der Waals surface area contributed by atoms with Gasteiger partial charge in [-0.3, -0.25) is 0 Å². The molecule has 1 unspecified atom stereocenters. The number of benzene rings is 2. The summed E-state index contributed by atoms with van der Waals surface area (Å²) >= 11 is 5.42. The summed E-state index contributed by atoms with van der Waals surface area (Å²) in [7, 11) is 0. The van der Waals surface area contributed by atoms with Crippen molar-refractivity contribution in [2.75, 3.05) is 11.9 Å². The Morgan fingerprint density at radius 1 is 1.21 bits per heavy atom. The summed E-state index contributed by atoms with van der Waals surface area (Å²) in [5.41, 5.74) is 4.68. The van der Waals surface area contributed by atoms with Crippen molar-refractivity contribution in [3.05, 3.63) is 71.8 Å². The van der Waals surface area contributed by atoms with E-state index >= 15 is 0 Å². The van der Waals surface area contributed by atoms with Crippen molar-refractivity contribution in [1.82, 2.24) is 5.32 Å². The van der Waals surface area contributed by atoms with Crippen LogP contribution in [0, 0.1) is 13.8 Å². The zero-order valence-corrected chi connectivity index (χ0v) is 15.2. The maximum Gasteiger partial charge on any atom is 0.171 e. The van der Waals surface area contributed by atoms with Crippen LogP contribution in [0.3, 0.4) is 0 Å². The Morgan fingerprint density at radius 2 is 1.92 bits per heavy atom. The fraction of sp³-hybridized carbons (Fsp3) is 0.250. The van der Waals surface area contributed by atoms with Gasteiger partial charge in [0.25, 0.3) is 0 Å². The topological polar surface area (TPSA) is 33.3 Å². The Balaban J connectivity index is 1.95. The number of rotatable bonds is 6. The predicted octanol–water partition coefficient (Wildman–Crippen LogP) is 4.92. The van der Waals surface area contributed by atoms with Crippen LogP contribution in [-0.4, -0.2) is 11.7 Å². The number of hydrogen-bond donors (Lipinski definition) is 2. The molecule has 3 nitrogen and oxygen atoms in total. The molecule has 0 amide bonds. The van der Waals surface area contributed by atoms with E-state index in [1.54, 1.807) is 6.08 Å². The highest BCUT2D eigenvalue weighted by Gasteiger charge is 2.10. The normalized spacial score (nSPS) is 11.5. The van der Waals surface area contributed by atoms with E-state index in [1.807, 2.05) is 24.3 Å². The number of thiocarbonyl (C=S) groups is 1. The van der Waals surface area contributed by atoms with Gasteiger partial charge >= 0.3 is 0 Å². The maximum absolute atomic E-state index is 5.47. The number of hydrogen-bond acceptors (Lipinski definition) is 2. The Hall–Kier alpha value is -2.33. The van der Waals surface area contributed by atoms with Crippen molar-refractivity contribution in [2.45, 2.75) is 26.8 Å². The van der Waals surface area contributed by atoms with Gasteiger partial charge in [0.05, 0.1) is 6.04 Å². The summed E-state index contributed by atoms with van der Waals surface area (Å²) in [5.74, 6) is 0.808. The van der Waals surface area contributed by atoms with Crippen molar-refractivity contribution in [2.24, 2.45) is 0 Å². The Bertz CT molecular complexity index is 710. The van der Waals surface area contributed by atoms with Gasteiger partial charge in [0, 0.05) is 5.69 Å².